The van der Waals surface area contributed by atoms with E-state index in [0.29, 0.717) is 71.1 Å². The zero-order valence-corrected chi connectivity index (χ0v) is 24.0. The van der Waals surface area contributed by atoms with Crippen molar-refractivity contribution in [1.82, 2.24) is 34.9 Å². The summed E-state index contributed by atoms with van der Waals surface area (Å²) in [6, 6.07) is 3.68. The largest absolute Gasteiger partial charge is 0.456 e. The van der Waals surface area contributed by atoms with Crippen molar-refractivity contribution in [3.63, 3.8) is 0 Å². The Bertz CT molecular complexity index is 1620. The number of piperazine rings is 1. The van der Waals surface area contributed by atoms with Crippen molar-refractivity contribution in [3.8, 4) is 17.6 Å². The van der Waals surface area contributed by atoms with Crippen LogP contribution in [0, 0.1) is 0 Å². The number of halogens is 2. The number of likely N-dealkylation sites (N-methyl/N-ethyl adjacent to an activating group) is 1. The number of hydrogen-bond donors (Lipinski definition) is 1. The predicted octanol–water partition coefficient (Wildman–Crippen LogP) is 3.54. The number of likely N-dealkylation sites (tertiary alicyclic amines) is 1. The van der Waals surface area contributed by atoms with Gasteiger partial charge in [0, 0.05) is 52.6 Å². The van der Waals surface area contributed by atoms with Gasteiger partial charge in [0.05, 0.1) is 27.5 Å². The lowest BCUT2D eigenvalue weighted by atomic mass is 10.2. The second-order valence-corrected chi connectivity index (χ2v) is 10.7. The maximum atomic E-state index is 12.2. The lowest BCUT2D eigenvalue weighted by Crippen LogP contribution is -2.48. The van der Waals surface area contributed by atoms with Gasteiger partial charge in [-0.1, -0.05) is 29.8 Å². The molecule has 1 aromatic carbocycles. The molecule has 1 N–H and O–H groups in total. The van der Waals surface area contributed by atoms with Gasteiger partial charge in [-0.3, -0.25) is 14.8 Å². The van der Waals surface area contributed by atoms with Crippen molar-refractivity contribution in [3.05, 3.63) is 47.2 Å². The van der Waals surface area contributed by atoms with Crippen LogP contribution in [0.25, 0.3) is 21.8 Å². The number of rotatable bonds is 7. The second kappa shape index (κ2) is 11.3. The highest BCUT2D eigenvalue weighted by molar-refractivity contribution is 6.44. The Labute approximate surface area is 245 Å². The summed E-state index contributed by atoms with van der Waals surface area (Å²) in [6.45, 7) is 7.16. The molecule has 2 aliphatic heterocycles. The highest BCUT2D eigenvalue weighted by Crippen LogP contribution is 2.42. The third-order valence-electron chi connectivity index (χ3n) is 7.36. The molecule has 4 aromatic rings. The number of fused-ring (bicyclic) bond motifs is 2. The maximum Gasteiger partial charge on any atom is 0.319 e. The van der Waals surface area contributed by atoms with Gasteiger partial charge in [0.25, 0.3) is 0 Å². The van der Waals surface area contributed by atoms with Gasteiger partial charge in [-0.05, 0) is 25.3 Å². The number of carbonyl (C=O) groups excluding carboxylic acids is 1. The highest BCUT2D eigenvalue weighted by atomic mass is 35.5. The molecule has 5 heterocycles. The standard InChI is InChI=1S/C27H28Cl2N8O4/c1-4-21(38)36-7-9-37(10-8-36)25-15-5-6-30-26(41-24-16-12-31-34-18(16)11-17(28)22(24)29)23(15)32-27(33-25)40-20-14-35(2)13-19(20)39-3/h4-6,11-12,19-20H,1,7-10,13-14H2,2-3H3,(H,31,34)/t19-,20-/m1/s1. The van der Waals surface area contributed by atoms with Crippen molar-refractivity contribution in [2.24, 2.45) is 0 Å². The summed E-state index contributed by atoms with van der Waals surface area (Å²) in [5.74, 6) is 1.06. The Kier molecular flexibility index (Phi) is 7.56. The van der Waals surface area contributed by atoms with Gasteiger partial charge < -0.3 is 24.0 Å². The number of amides is 1. The molecule has 2 saturated heterocycles. The fraction of sp³-hybridized carbons (Fsp3) is 0.370. The number of aromatic amines is 1. The molecule has 214 valence electrons. The summed E-state index contributed by atoms with van der Waals surface area (Å²) in [4.78, 5) is 32.3. The summed E-state index contributed by atoms with van der Waals surface area (Å²) in [5, 5.41) is 8.87. The molecule has 0 spiro atoms. The van der Waals surface area contributed by atoms with E-state index in [0.717, 1.165) is 6.54 Å². The molecule has 2 fully saturated rings. The number of benzene rings is 1. The molecular formula is C27H28Cl2N8O4. The summed E-state index contributed by atoms with van der Waals surface area (Å²) >= 11 is 13.0. The van der Waals surface area contributed by atoms with Gasteiger partial charge in [-0.25, -0.2) is 4.98 Å². The topological polar surface area (TPSA) is 122 Å². The van der Waals surface area contributed by atoms with E-state index in [2.05, 4.69) is 31.6 Å². The van der Waals surface area contributed by atoms with Gasteiger partial charge >= 0.3 is 6.01 Å². The van der Waals surface area contributed by atoms with E-state index in [-0.39, 0.29) is 35.0 Å². The van der Waals surface area contributed by atoms with Crippen LogP contribution in [0.3, 0.4) is 0 Å². The van der Waals surface area contributed by atoms with Crippen LogP contribution >= 0.6 is 23.2 Å². The Balaban J connectivity index is 1.43. The fourth-order valence-corrected chi connectivity index (χ4v) is 5.62. The van der Waals surface area contributed by atoms with Gasteiger partial charge in [-0.15, -0.1) is 0 Å². The molecule has 14 heteroatoms. The van der Waals surface area contributed by atoms with Crippen molar-refractivity contribution in [2.45, 2.75) is 12.2 Å². The predicted molar refractivity (Wildman–Crippen MR) is 155 cm³/mol. The molecule has 6 rings (SSSR count). The van der Waals surface area contributed by atoms with Crippen molar-refractivity contribution in [2.75, 3.05) is 58.3 Å². The lowest BCUT2D eigenvalue weighted by molar-refractivity contribution is -0.126. The molecule has 0 radical (unpaired) electrons. The average molecular weight is 599 g/mol. The SMILES string of the molecule is C=CC(=O)N1CCN(c2nc(O[C@@H]3CN(C)C[C@H]3OC)nc3c(Oc4c(Cl)c(Cl)cc5[nH]ncc45)nccc23)CC1. The number of anilines is 1. The van der Waals surface area contributed by atoms with E-state index in [9.17, 15) is 4.79 Å². The maximum absolute atomic E-state index is 12.2. The number of hydrogen-bond acceptors (Lipinski definition) is 10. The zero-order chi connectivity index (χ0) is 28.7. The van der Waals surface area contributed by atoms with Crippen LogP contribution < -0.4 is 14.4 Å². The Morgan fingerprint density at radius 1 is 1.15 bits per heavy atom. The minimum atomic E-state index is -0.272. The number of pyridine rings is 1. The van der Waals surface area contributed by atoms with Crippen LogP contribution in [-0.2, 0) is 9.53 Å². The number of nitrogens with zero attached hydrogens (tertiary/aromatic N) is 7. The molecular weight excluding hydrogens is 571 g/mol. The minimum absolute atomic E-state index is 0.0963. The molecule has 41 heavy (non-hydrogen) atoms. The lowest BCUT2D eigenvalue weighted by Gasteiger charge is -2.35. The monoisotopic (exact) mass is 598 g/mol. The van der Waals surface area contributed by atoms with Crippen LogP contribution in [0.15, 0.2) is 37.2 Å². The first-order chi connectivity index (χ1) is 19.9. The number of nitrogens with one attached hydrogen (secondary N) is 1. The van der Waals surface area contributed by atoms with Crippen LogP contribution in [0.1, 0.15) is 0 Å². The van der Waals surface area contributed by atoms with Crippen molar-refractivity contribution in [1.29, 1.82) is 0 Å². The molecule has 1 amide bonds. The molecule has 0 bridgehead atoms. The number of H-pyrrole nitrogens is 1. The Morgan fingerprint density at radius 2 is 1.93 bits per heavy atom. The number of aromatic nitrogens is 5. The molecule has 0 saturated carbocycles. The van der Waals surface area contributed by atoms with Gasteiger partial charge in [0.15, 0.2) is 5.75 Å². The molecule has 12 nitrogen and oxygen atoms in total. The molecule has 0 unspecified atom stereocenters. The second-order valence-electron chi connectivity index (χ2n) is 9.94. The van der Waals surface area contributed by atoms with Crippen LogP contribution in [0.2, 0.25) is 10.0 Å². The quantitative estimate of drug-likeness (QED) is 0.316. The van der Waals surface area contributed by atoms with Crippen LogP contribution in [0.4, 0.5) is 5.82 Å². The first-order valence-corrected chi connectivity index (χ1v) is 13.8. The average Bonchev–Trinajstić information content (AvgIpc) is 3.60. The minimum Gasteiger partial charge on any atom is -0.456 e. The molecule has 3 aromatic heterocycles. The van der Waals surface area contributed by atoms with Crippen LogP contribution in [0.5, 0.6) is 17.6 Å². The van der Waals surface area contributed by atoms with Crippen LogP contribution in [-0.4, -0.2) is 106 Å². The normalized spacial score (nSPS) is 19.7. The van der Waals surface area contributed by atoms with E-state index < -0.39 is 0 Å². The van der Waals surface area contributed by atoms with Gasteiger partial charge in [0.1, 0.15) is 28.6 Å². The fourth-order valence-electron chi connectivity index (χ4n) is 5.23. The first kappa shape index (κ1) is 27.5. The zero-order valence-electron chi connectivity index (χ0n) is 22.5. The van der Waals surface area contributed by atoms with E-state index in [1.807, 2.05) is 13.1 Å². The summed E-state index contributed by atoms with van der Waals surface area (Å²) in [7, 11) is 3.67. The van der Waals surface area contributed by atoms with Gasteiger partial charge in [-0.2, -0.15) is 15.1 Å². The molecule has 2 atom stereocenters. The smallest absolute Gasteiger partial charge is 0.319 e. The van der Waals surface area contributed by atoms with E-state index in [1.54, 1.807) is 30.5 Å². The van der Waals surface area contributed by atoms with E-state index in [4.69, 9.17) is 47.4 Å². The molecule has 2 aliphatic rings. The number of ether oxygens (including phenoxy) is 3. The van der Waals surface area contributed by atoms with E-state index in [1.165, 1.54) is 6.08 Å². The first-order valence-electron chi connectivity index (χ1n) is 13.1. The third kappa shape index (κ3) is 5.23. The summed E-state index contributed by atoms with van der Waals surface area (Å²) < 4.78 is 18.3. The van der Waals surface area contributed by atoms with Crippen molar-refractivity contribution < 1.29 is 19.0 Å². The Morgan fingerprint density at radius 3 is 2.68 bits per heavy atom. The van der Waals surface area contributed by atoms with E-state index >= 15 is 0 Å². The number of carbonyl (C=O) groups is 1. The third-order valence-corrected chi connectivity index (χ3v) is 8.13. The Hall–Kier alpha value is -3.71. The summed E-state index contributed by atoms with van der Waals surface area (Å²) in [6.07, 6.45) is 4.16. The molecule has 0 aliphatic carbocycles. The number of methoxy groups -OCH3 is 1. The summed E-state index contributed by atoms with van der Waals surface area (Å²) in [5.41, 5.74) is 1.10. The highest BCUT2D eigenvalue weighted by Gasteiger charge is 2.34. The van der Waals surface area contributed by atoms with Crippen molar-refractivity contribution >= 4 is 56.7 Å². The van der Waals surface area contributed by atoms with Gasteiger partial charge in [0.2, 0.25) is 11.8 Å².